The number of phenolic OH excluding ortho intramolecular Hbond substituents is 2. The van der Waals surface area contributed by atoms with Crippen molar-refractivity contribution in [1.29, 1.82) is 0 Å². The van der Waals surface area contributed by atoms with E-state index in [1.54, 1.807) is 38.1 Å². The quantitative estimate of drug-likeness (QED) is 0.416. The van der Waals surface area contributed by atoms with Crippen LogP contribution in [0.1, 0.15) is 34.6 Å². The number of hydrogen-bond acceptors (Lipinski definition) is 8. The van der Waals surface area contributed by atoms with E-state index in [0.717, 1.165) is 0 Å². The normalized spacial score (nSPS) is 10.8. The van der Waals surface area contributed by atoms with E-state index in [9.17, 15) is 19.8 Å². The summed E-state index contributed by atoms with van der Waals surface area (Å²) in [5, 5.41) is 21.2. The Morgan fingerprint density at radius 2 is 1.23 bits per heavy atom. The lowest BCUT2D eigenvalue weighted by atomic mass is 10.0. The summed E-state index contributed by atoms with van der Waals surface area (Å²) >= 11 is 0. The first kappa shape index (κ1) is 17.4. The van der Waals surface area contributed by atoms with Gasteiger partial charge in [0.15, 0.2) is 11.5 Å². The molecule has 0 fully saturated rings. The van der Waals surface area contributed by atoms with Gasteiger partial charge in [-0.05, 0) is 26.0 Å². The van der Waals surface area contributed by atoms with Gasteiger partial charge < -0.3 is 19.7 Å². The summed E-state index contributed by atoms with van der Waals surface area (Å²) in [6.07, 6.45) is 0. The van der Waals surface area contributed by atoms with Crippen molar-refractivity contribution in [2.45, 2.75) is 13.8 Å². The molecule has 0 aliphatic rings. The Hall–Kier alpha value is -3.42. The van der Waals surface area contributed by atoms with Crippen LogP contribution in [0.25, 0.3) is 22.1 Å². The van der Waals surface area contributed by atoms with Gasteiger partial charge in [0.2, 0.25) is 0 Å². The van der Waals surface area contributed by atoms with Gasteiger partial charge in [-0.3, -0.25) is 0 Å². The number of para-hydroxylation sites is 2. The van der Waals surface area contributed by atoms with Gasteiger partial charge >= 0.3 is 11.9 Å². The Morgan fingerprint density at radius 1 is 0.846 bits per heavy atom. The average molecular weight is 356 g/mol. The van der Waals surface area contributed by atoms with Crippen LogP contribution in [0.3, 0.4) is 0 Å². The molecule has 0 aliphatic carbocycles. The standard InChI is InChI=1S/C18H16N2O6/c1-3-25-17(23)11-12(18(24)26-4-2)16(22)14-13(15(11)21)19-9-7-5-6-8-10(9)20-14/h5-8,21-22H,3-4H2,1-2H3. The number of carbonyl (C=O) groups is 2. The molecule has 1 heterocycles. The predicted octanol–water partition coefficient (Wildman–Crippen LogP) is 2.55. The number of phenols is 2. The number of esters is 2. The molecule has 0 bridgehead atoms. The highest BCUT2D eigenvalue weighted by molar-refractivity contribution is 6.13. The number of benzene rings is 2. The monoisotopic (exact) mass is 356 g/mol. The summed E-state index contributed by atoms with van der Waals surface area (Å²) in [7, 11) is 0. The van der Waals surface area contributed by atoms with E-state index in [1.807, 2.05) is 0 Å². The molecule has 0 saturated carbocycles. The molecule has 3 aromatic rings. The first-order valence-corrected chi connectivity index (χ1v) is 7.98. The molecule has 0 spiro atoms. The zero-order valence-electron chi connectivity index (χ0n) is 14.1. The molecule has 8 nitrogen and oxygen atoms in total. The summed E-state index contributed by atoms with van der Waals surface area (Å²) in [6.45, 7) is 3.19. The second kappa shape index (κ2) is 6.83. The number of hydrogen-bond donors (Lipinski definition) is 2. The van der Waals surface area contributed by atoms with Gasteiger partial charge in [-0.25, -0.2) is 19.6 Å². The molecule has 2 N–H and O–H groups in total. The molecule has 0 aliphatic heterocycles. The van der Waals surface area contributed by atoms with Crippen LogP contribution in [0.2, 0.25) is 0 Å². The molecule has 1 aromatic heterocycles. The van der Waals surface area contributed by atoms with Gasteiger partial charge in [0.05, 0.1) is 24.2 Å². The van der Waals surface area contributed by atoms with Crippen molar-refractivity contribution >= 4 is 34.0 Å². The molecule has 0 saturated heterocycles. The fourth-order valence-electron chi connectivity index (χ4n) is 2.61. The van der Waals surface area contributed by atoms with Crippen LogP contribution in [-0.2, 0) is 9.47 Å². The highest BCUT2D eigenvalue weighted by Gasteiger charge is 2.31. The van der Waals surface area contributed by atoms with Gasteiger partial charge in [0, 0.05) is 0 Å². The number of aromatic nitrogens is 2. The van der Waals surface area contributed by atoms with Crippen LogP contribution in [0.4, 0.5) is 0 Å². The van der Waals surface area contributed by atoms with Crippen molar-refractivity contribution in [2.75, 3.05) is 13.2 Å². The smallest absolute Gasteiger partial charge is 0.343 e. The van der Waals surface area contributed by atoms with Crippen LogP contribution in [0.5, 0.6) is 11.5 Å². The van der Waals surface area contributed by atoms with E-state index in [0.29, 0.717) is 11.0 Å². The summed E-state index contributed by atoms with van der Waals surface area (Å²) in [5.41, 5.74) is -0.323. The minimum atomic E-state index is -0.972. The van der Waals surface area contributed by atoms with Crippen molar-refractivity contribution < 1.29 is 29.3 Å². The Bertz CT molecular complexity index is 949. The van der Waals surface area contributed by atoms with E-state index < -0.39 is 34.6 Å². The van der Waals surface area contributed by atoms with Crippen molar-refractivity contribution in [3.63, 3.8) is 0 Å². The predicted molar refractivity (Wildman–Crippen MR) is 92.3 cm³/mol. The van der Waals surface area contributed by atoms with Crippen LogP contribution >= 0.6 is 0 Å². The maximum absolute atomic E-state index is 12.3. The van der Waals surface area contributed by atoms with Crippen LogP contribution in [-0.4, -0.2) is 45.3 Å². The van der Waals surface area contributed by atoms with Crippen molar-refractivity contribution in [3.8, 4) is 11.5 Å². The van der Waals surface area contributed by atoms with Gasteiger partial charge in [0.1, 0.15) is 22.2 Å². The summed E-state index contributed by atoms with van der Waals surface area (Å²) in [4.78, 5) is 33.1. The van der Waals surface area contributed by atoms with Crippen LogP contribution < -0.4 is 0 Å². The van der Waals surface area contributed by atoms with Gasteiger partial charge in [-0.1, -0.05) is 12.1 Å². The Labute approximate surface area is 148 Å². The maximum Gasteiger partial charge on any atom is 0.343 e. The topological polar surface area (TPSA) is 119 Å². The third kappa shape index (κ3) is 2.75. The third-order valence-corrected chi connectivity index (χ3v) is 3.70. The number of ether oxygens (including phenoxy) is 2. The van der Waals surface area contributed by atoms with E-state index in [4.69, 9.17) is 9.47 Å². The molecule has 134 valence electrons. The highest BCUT2D eigenvalue weighted by Crippen LogP contribution is 2.39. The number of rotatable bonds is 4. The molecule has 0 radical (unpaired) electrons. The summed E-state index contributed by atoms with van der Waals surface area (Å²) in [6, 6.07) is 6.81. The highest BCUT2D eigenvalue weighted by atomic mass is 16.5. The van der Waals surface area contributed by atoms with Gasteiger partial charge in [0.25, 0.3) is 0 Å². The van der Waals surface area contributed by atoms with Crippen LogP contribution in [0, 0.1) is 0 Å². The fraction of sp³-hybridized carbons (Fsp3) is 0.222. The molecule has 8 heteroatoms. The Balaban J connectivity index is 2.42. The minimum Gasteiger partial charge on any atom is -0.505 e. The number of nitrogens with zero attached hydrogens (tertiary/aromatic N) is 2. The van der Waals surface area contributed by atoms with E-state index in [2.05, 4.69) is 9.97 Å². The molecule has 0 atom stereocenters. The minimum absolute atomic E-state index is 0.0166. The second-order valence-corrected chi connectivity index (χ2v) is 5.30. The number of aromatic hydroxyl groups is 2. The summed E-state index contributed by atoms with van der Waals surface area (Å²) in [5.74, 6) is -3.14. The van der Waals surface area contributed by atoms with Crippen LogP contribution in [0.15, 0.2) is 24.3 Å². The van der Waals surface area contributed by atoms with Crippen molar-refractivity contribution in [1.82, 2.24) is 9.97 Å². The average Bonchev–Trinajstić information content (AvgIpc) is 2.63. The van der Waals surface area contributed by atoms with E-state index in [-0.39, 0.29) is 24.2 Å². The zero-order chi connectivity index (χ0) is 18.8. The zero-order valence-corrected chi connectivity index (χ0v) is 14.1. The fourth-order valence-corrected chi connectivity index (χ4v) is 2.61. The molecule has 26 heavy (non-hydrogen) atoms. The Morgan fingerprint density at radius 3 is 1.58 bits per heavy atom. The molecular weight excluding hydrogens is 340 g/mol. The number of fused-ring (bicyclic) bond motifs is 2. The molecule has 2 aromatic carbocycles. The molecule has 0 amide bonds. The van der Waals surface area contributed by atoms with Gasteiger partial charge in [-0.15, -0.1) is 0 Å². The first-order chi connectivity index (χ1) is 12.5. The first-order valence-electron chi connectivity index (χ1n) is 7.98. The lowest BCUT2D eigenvalue weighted by Gasteiger charge is -2.14. The van der Waals surface area contributed by atoms with E-state index in [1.165, 1.54) is 0 Å². The Kier molecular flexibility index (Phi) is 4.57. The molecule has 3 rings (SSSR count). The largest absolute Gasteiger partial charge is 0.505 e. The lowest BCUT2D eigenvalue weighted by Crippen LogP contribution is -2.15. The van der Waals surface area contributed by atoms with Crippen molar-refractivity contribution in [2.24, 2.45) is 0 Å². The van der Waals surface area contributed by atoms with Gasteiger partial charge in [-0.2, -0.15) is 0 Å². The number of carbonyl (C=O) groups excluding carboxylic acids is 2. The summed E-state index contributed by atoms with van der Waals surface area (Å²) < 4.78 is 9.81. The van der Waals surface area contributed by atoms with Crippen molar-refractivity contribution in [3.05, 3.63) is 35.4 Å². The molecule has 0 unspecified atom stereocenters. The lowest BCUT2D eigenvalue weighted by molar-refractivity contribution is 0.0473. The second-order valence-electron chi connectivity index (χ2n) is 5.30. The maximum atomic E-state index is 12.3. The SMILES string of the molecule is CCOC(=O)c1c(C(=O)OCC)c(O)c2nc3ccccc3nc2c1O. The van der Waals surface area contributed by atoms with E-state index >= 15 is 0 Å². The molecular formula is C18H16N2O6. The third-order valence-electron chi connectivity index (χ3n) is 3.70.